The number of aliphatic hydroxyl groups is 2. The van der Waals surface area contributed by atoms with Crippen LogP contribution >= 0.6 is 23.5 Å². The van der Waals surface area contributed by atoms with E-state index < -0.39 is 60.3 Å². The van der Waals surface area contributed by atoms with Gasteiger partial charge in [-0.25, -0.2) is 18.5 Å². The third-order valence-electron chi connectivity index (χ3n) is 3.28. The van der Waals surface area contributed by atoms with E-state index in [1.54, 1.807) is 0 Å². The number of rotatable bonds is 8. The fraction of sp³-hybridized carbons (Fsp3) is 0.556. The Kier molecular flexibility index (Phi) is 12.5. The van der Waals surface area contributed by atoms with Crippen LogP contribution in [0.25, 0.3) is 0 Å². The van der Waals surface area contributed by atoms with Gasteiger partial charge in [0.1, 0.15) is 24.1 Å². The summed E-state index contributed by atoms with van der Waals surface area (Å²) >= 11 is 0. The van der Waals surface area contributed by atoms with Crippen molar-refractivity contribution in [2.45, 2.75) is 24.5 Å². The second-order valence-corrected chi connectivity index (χ2v) is 9.90. The number of aliphatic hydroxyl groups excluding tert-OH is 2. The van der Waals surface area contributed by atoms with Crippen LogP contribution in [0.4, 0.5) is 5.82 Å². The summed E-state index contributed by atoms with van der Waals surface area (Å²) in [6.07, 6.45) is -5.38. The van der Waals surface area contributed by atoms with Gasteiger partial charge >= 0.3 is 88.3 Å². The fourth-order valence-electron chi connectivity index (χ4n) is 2.19. The number of phosphoric acid groups is 3. The topological polar surface area (TPSA) is 270 Å². The maximum atomic E-state index is 11.8. The standard InChI is InChI=1S/C9H16N3O14P3.2Na.2H/c10-5-1-2-12(9(15)11-5)8-7(14)6(13)4(24-8)3-23-28(19,20)26-29(21,22)25-27(16,17)18;;;;/h1-2,4,6-8,13-14H,3H2,(H,19,20)(H,21,22)(H2,10,11,15)(H2,16,17,18);;;;/q;2*+1;2*-1/t4-,6-,7-,8-;;;;/m1..../s1. The van der Waals surface area contributed by atoms with Gasteiger partial charge in [0, 0.05) is 6.20 Å². The fourth-order valence-corrected chi connectivity index (χ4v) is 5.22. The predicted molar refractivity (Wildman–Crippen MR) is 90.9 cm³/mol. The van der Waals surface area contributed by atoms with Crippen molar-refractivity contribution in [2.24, 2.45) is 0 Å². The van der Waals surface area contributed by atoms with Crippen molar-refractivity contribution in [1.29, 1.82) is 0 Å². The van der Waals surface area contributed by atoms with Gasteiger partial charge in [0.25, 0.3) is 0 Å². The van der Waals surface area contributed by atoms with E-state index in [0.29, 0.717) is 0 Å². The molecular formula is C9H18N3Na2O14P3. The molecule has 6 atom stereocenters. The summed E-state index contributed by atoms with van der Waals surface area (Å²) in [5.74, 6) is -0.122. The van der Waals surface area contributed by atoms with Gasteiger partial charge in [0.05, 0.1) is 6.61 Å². The Balaban J connectivity index is -0.00000225. The van der Waals surface area contributed by atoms with E-state index in [4.69, 9.17) is 25.2 Å². The first kappa shape index (κ1) is 32.0. The van der Waals surface area contributed by atoms with Crippen LogP contribution in [0.2, 0.25) is 0 Å². The zero-order chi connectivity index (χ0) is 22.2. The van der Waals surface area contributed by atoms with Crippen molar-refractivity contribution < 1.29 is 123 Å². The first-order chi connectivity index (χ1) is 13.1. The van der Waals surface area contributed by atoms with Gasteiger partial charge < -0.3 is 43.1 Å². The molecule has 2 unspecified atom stereocenters. The Morgan fingerprint density at radius 1 is 1.10 bits per heavy atom. The average molecular weight is 531 g/mol. The molecule has 1 aromatic rings. The van der Waals surface area contributed by atoms with Crippen LogP contribution < -0.4 is 70.5 Å². The zero-order valence-electron chi connectivity index (χ0n) is 17.9. The normalized spacial score (nSPS) is 27.4. The Hall–Kier alpha value is 0.970. The molecule has 22 heteroatoms. The Labute approximate surface area is 220 Å². The molecule has 1 aliphatic rings. The smallest absolute Gasteiger partial charge is 1.00 e. The molecule has 1 aromatic heterocycles. The number of phosphoric ester groups is 1. The molecule has 0 saturated carbocycles. The number of hydrogen-bond donors (Lipinski definition) is 7. The summed E-state index contributed by atoms with van der Waals surface area (Å²) in [6.45, 7) is -1.02. The summed E-state index contributed by atoms with van der Waals surface area (Å²) < 4.78 is 50.8. The van der Waals surface area contributed by atoms with E-state index in [9.17, 15) is 33.6 Å². The second kappa shape index (κ2) is 12.1. The molecule has 1 aliphatic heterocycles. The van der Waals surface area contributed by atoms with Crippen molar-refractivity contribution in [3.05, 3.63) is 22.7 Å². The minimum absolute atomic E-state index is 0. The van der Waals surface area contributed by atoms with Crippen LogP contribution in [0, 0.1) is 0 Å². The van der Waals surface area contributed by atoms with Crippen LogP contribution in [0.5, 0.6) is 0 Å². The van der Waals surface area contributed by atoms with E-state index in [-0.39, 0.29) is 67.8 Å². The second-order valence-electron chi connectivity index (χ2n) is 5.48. The summed E-state index contributed by atoms with van der Waals surface area (Å²) in [7, 11) is -16.7. The molecule has 0 aromatic carbocycles. The van der Waals surface area contributed by atoms with Gasteiger partial charge in [0.15, 0.2) is 6.23 Å². The number of ether oxygens (including phenoxy) is 1. The van der Waals surface area contributed by atoms with Crippen LogP contribution in [0.1, 0.15) is 9.08 Å². The molecule has 0 spiro atoms. The average Bonchev–Trinajstić information content (AvgIpc) is 2.78. The van der Waals surface area contributed by atoms with Crippen molar-refractivity contribution in [1.82, 2.24) is 9.55 Å². The van der Waals surface area contributed by atoms with Crippen LogP contribution in [0.3, 0.4) is 0 Å². The molecule has 2 heterocycles. The molecule has 1 saturated heterocycles. The number of hydrogen-bond acceptors (Lipinski definition) is 12. The van der Waals surface area contributed by atoms with Crippen LogP contribution in [-0.2, 0) is 31.6 Å². The summed E-state index contributed by atoms with van der Waals surface area (Å²) in [5.41, 5.74) is 4.39. The molecule has 17 nitrogen and oxygen atoms in total. The van der Waals surface area contributed by atoms with Crippen molar-refractivity contribution in [3.8, 4) is 0 Å². The van der Waals surface area contributed by atoms with E-state index in [2.05, 4.69) is 18.1 Å². The zero-order valence-corrected chi connectivity index (χ0v) is 22.6. The number of nitrogens with two attached hydrogens (primary N) is 1. The molecular weight excluding hydrogens is 513 g/mol. The molecule has 0 aliphatic carbocycles. The van der Waals surface area contributed by atoms with Crippen molar-refractivity contribution in [3.63, 3.8) is 0 Å². The van der Waals surface area contributed by atoms with Crippen LogP contribution in [-0.4, -0.2) is 64.3 Å². The maximum absolute atomic E-state index is 11.8. The minimum atomic E-state index is -5.71. The summed E-state index contributed by atoms with van der Waals surface area (Å²) in [6, 6.07) is 1.20. The van der Waals surface area contributed by atoms with Gasteiger partial charge in [0.2, 0.25) is 0 Å². The first-order valence-corrected chi connectivity index (χ1v) is 11.8. The van der Waals surface area contributed by atoms with Gasteiger partial charge in [-0.15, -0.1) is 0 Å². The molecule has 31 heavy (non-hydrogen) atoms. The predicted octanol–water partition coefficient (Wildman–Crippen LogP) is -7.98. The van der Waals surface area contributed by atoms with Crippen molar-refractivity contribution in [2.75, 3.05) is 12.3 Å². The monoisotopic (exact) mass is 531 g/mol. The largest absolute Gasteiger partial charge is 1.00 e. The third-order valence-corrected chi connectivity index (χ3v) is 7.08. The molecule has 1 fully saturated rings. The molecule has 2 rings (SSSR count). The van der Waals surface area contributed by atoms with E-state index in [1.165, 1.54) is 6.07 Å². The Morgan fingerprint density at radius 2 is 1.68 bits per heavy atom. The van der Waals surface area contributed by atoms with Gasteiger partial charge in [-0.05, 0) is 6.07 Å². The number of aromatic nitrogens is 2. The van der Waals surface area contributed by atoms with Gasteiger partial charge in [-0.2, -0.15) is 13.6 Å². The number of nitrogen functional groups attached to an aromatic ring is 1. The summed E-state index contributed by atoms with van der Waals surface area (Å²) in [5, 5.41) is 20.0. The molecule has 0 amide bonds. The number of anilines is 1. The Morgan fingerprint density at radius 3 is 2.19 bits per heavy atom. The maximum Gasteiger partial charge on any atom is 1.00 e. The van der Waals surface area contributed by atoms with Crippen LogP contribution in [0.15, 0.2) is 17.1 Å². The molecule has 170 valence electrons. The van der Waals surface area contributed by atoms with Crippen molar-refractivity contribution >= 4 is 29.3 Å². The van der Waals surface area contributed by atoms with E-state index >= 15 is 0 Å². The molecule has 8 N–H and O–H groups in total. The van der Waals surface area contributed by atoms with E-state index in [0.717, 1.165) is 10.8 Å². The summed E-state index contributed by atoms with van der Waals surface area (Å²) in [4.78, 5) is 50.5. The first-order valence-electron chi connectivity index (χ1n) is 7.25. The third kappa shape index (κ3) is 9.62. The molecule has 0 bridgehead atoms. The van der Waals surface area contributed by atoms with Gasteiger partial charge in [-0.3, -0.25) is 9.09 Å². The minimum Gasteiger partial charge on any atom is -1.00 e. The van der Waals surface area contributed by atoms with Gasteiger partial charge in [-0.1, -0.05) is 0 Å². The SMILES string of the molecule is Nc1ccn([C@@H]2O[C@H](COP(=O)(O)OP(=O)(O)OP(=O)(O)O)[C@@H](O)[C@H]2O)c(=O)n1.[H-].[H-].[Na+].[Na+]. The molecule has 0 radical (unpaired) electrons. The van der Waals surface area contributed by atoms with E-state index in [1.807, 2.05) is 0 Å². The Bertz CT molecular complexity index is 967. The quantitative estimate of drug-likeness (QED) is 0.121. The number of nitrogens with zero attached hydrogens (tertiary/aromatic N) is 2.